The number of carbonyl (C=O) groups excluding carboxylic acids is 1. The van der Waals surface area contributed by atoms with E-state index in [4.69, 9.17) is 9.47 Å². The fourth-order valence-electron chi connectivity index (χ4n) is 3.42. The quantitative estimate of drug-likeness (QED) is 0.773. The van der Waals surface area contributed by atoms with Gasteiger partial charge in [-0.05, 0) is 50.1 Å². The maximum Gasteiger partial charge on any atom is 0.255 e. The SMILES string of the molecule is COc1ccc(C(=O)Nc2cccnc2OC)cc1S(=O)(=O)N1CCCCC1C. The molecule has 1 aliphatic heterocycles. The molecule has 0 spiro atoms. The summed E-state index contributed by atoms with van der Waals surface area (Å²) in [6, 6.07) is 7.59. The van der Waals surface area contributed by atoms with Gasteiger partial charge in [0.2, 0.25) is 15.9 Å². The van der Waals surface area contributed by atoms with Crippen molar-refractivity contribution in [1.82, 2.24) is 9.29 Å². The predicted octanol–water partition coefficient (Wildman–Crippen LogP) is 2.91. The van der Waals surface area contributed by atoms with Gasteiger partial charge in [-0.1, -0.05) is 6.42 Å². The Morgan fingerprint density at radius 3 is 2.69 bits per heavy atom. The van der Waals surface area contributed by atoms with Crippen molar-refractivity contribution in [2.24, 2.45) is 0 Å². The summed E-state index contributed by atoms with van der Waals surface area (Å²) in [6.07, 6.45) is 4.17. The number of nitrogens with one attached hydrogen (secondary N) is 1. The van der Waals surface area contributed by atoms with Crippen LogP contribution in [0.3, 0.4) is 0 Å². The standard InChI is InChI=1S/C20H25N3O5S/c1-14-7-4-5-12-23(14)29(25,26)18-13-15(9-10-17(18)27-2)19(24)22-16-8-6-11-21-20(16)28-3/h6,8-11,13-14H,4-5,7,12H2,1-3H3,(H,22,24). The van der Waals surface area contributed by atoms with Crippen LogP contribution < -0.4 is 14.8 Å². The van der Waals surface area contributed by atoms with Crippen LogP contribution in [0.25, 0.3) is 0 Å². The third-order valence-electron chi connectivity index (χ3n) is 4.97. The first-order valence-electron chi connectivity index (χ1n) is 9.38. The molecule has 9 heteroatoms. The number of aromatic nitrogens is 1. The van der Waals surface area contributed by atoms with Crippen molar-refractivity contribution >= 4 is 21.6 Å². The number of methoxy groups -OCH3 is 2. The molecule has 0 radical (unpaired) electrons. The molecule has 1 fully saturated rings. The van der Waals surface area contributed by atoms with E-state index >= 15 is 0 Å². The summed E-state index contributed by atoms with van der Waals surface area (Å²) in [5.41, 5.74) is 0.588. The van der Waals surface area contributed by atoms with Gasteiger partial charge in [-0.2, -0.15) is 4.31 Å². The lowest BCUT2D eigenvalue weighted by atomic mass is 10.1. The van der Waals surface area contributed by atoms with Crippen LogP contribution in [0, 0.1) is 0 Å². The summed E-state index contributed by atoms with van der Waals surface area (Å²) in [4.78, 5) is 16.8. The lowest BCUT2D eigenvalue weighted by Crippen LogP contribution is -2.42. The molecule has 2 heterocycles. The first kappa shape index (κ1) is 21.1. The van der Waals surface area contributed by atoms with Gasteiger partial charge >= 0.3 is 0 Å². The maximum atomic E-state index is 13.3. The molecule has 1 saturated heterocycles. The van der Waals surface area contributed by atoms with Crippen molar-refractivity contribution in [1.29, 1.82) is 0 Å². The molecular weight excluding hydrogens is 394 g/mol. The topological polar surface area (TPSA) is 97.8 Å². The molecule has 1 atom stereocenters. The Hall–Kier alpha value is -2.65. The molecule has 1 N–H and O–H groups in total. The fourth-order valence-corrected chi connectivity index (χ4v) is 5.30. The maximum absolute atomic E-state index is 13.3. The van der Waals surface area contributed by atoms with Gasteiger partial charge in [0, 0.05) is 24.3 Å². The predicted molar refractivity (Wildman–Crippen MR) is 109 cm³/mol. The van der Waals surface area contributed by atoms with Crippen LogP contribution in [0.2, 0.25) is 0 Å². The molecular formula is C20H25N3O5S. The Morgan fingerprint density at radius 2 is 2.00 bits per heavy atom. The van der Waals surface area contributed by atoms with E-state index in [2.05, 4.69) is 10.3 Å². The number of anilines is 1. The molecule has 1 aromatic carbocycles. The number of sulfonamides is 1. The molecule has 3 rings (SSSR count). The van der Waals surface area contributed by atoms with E-state index in [1.807, 2.05) is 6.92 Å². The van der Waals surface area contributed by atoms with E-state index in [1.165, 1.54) is 36.7 Å². The fraction of sp³-hybridized carbons (Fsp3) is 0.400. The van der Waals surface area contributed by atoms with Gasteiger partial charge in [-0.25, -0.2) is 13.4 Å². The minimum absolute atomic E-state index is 0.0143. The van der Waals surface area contributed by atoms with E-state index in [0.29, 0.717) is 12.2 Å². The lowest BCUT2D eigenvalue weighted by Gasteiger charge is -2.32. The van der Waals surface area contributed by atoms with Crippen molar-refractivity contribution in [3.63, 3.8) is 0 Å². The van der Waals surface area contributed by atoms with Crippen LogP contribution >= 0.6 is 0 Å². The summed E-state index contributed by atoms with van der Waals surface area (Å²) >= 11 is 0. The molecule has 8 nitrogen and oxygen atoms in total. The Kier molecular flexibility index (Phi) is 6.39. The first-order chi connectivity index (χ1) is 13.9. The number of hydrogen-bond donors (Lipinski definition) is 1. The normalized spacial score (nSPS) is 17.6. The summed E-state index contributed by atoms with van der Waals surface area (Å²) in [5, 5.41) is 2.71. The van der Waals surface area contributed by atoms with Crippen molar-refractivity contribution in [3.05, 3.63) is 42.1 Å². The molecule has 1 unspecified atom stereocenters. The molecule has 0 bridgehead atoms. The molecule has 29 heavy (non-hydrogen) atoms. The van der Waals surface area contributed by atoms with Gasteiger partial charge in [-0.15, -0.1) is 0 Å². The first-order valence-corrected chi connectivity index (χ1v) is 10.8. The van der Waals surface area contributed by atoms with E-state index in [0.717, 1.165) is 19.3 Å². The second-order valence-electron chi connectivity index (χ2n) is 6.84. The number of carbonyl (C=O) groups is 1. The van der Waals surface area contributed by atoms with Gasteiger partial charge in [0.05, 0.1) is 14.2 Å². The van der Waals surface area contributed by atoms with Crippen LogP contribution in [0.15, 0.2) is 41.4 Å². The summed E-state index contributed by atoms with van der Waals surface area (Å²) in [7, 11) is -0.939. The molecule has 0 aliphatic carbocycles. The average Bonchev–Trinajstić information content (AvgIpc) is 2.73. The third-order valence-corrected chi connectivity index (χ3v) is 7.00. The number of pyridine rings is 1. The number of amides is 1. The minimum Gasteiger partial charge on any atom is -0.495 e. The van der Waals surface area contributed by atoms with E-state index in [-0.39, 0.29) is 28.1 Å². The number of piperidine rings is 1. The number of hydrogen-bond acceptors (Lipinski definition) is 6. The number of benzene rings is 1. The van der Waals surface area contributed by atoms with Crippen molar-refractivity contribution in [2.45, 2.75) is 37.1 Å². The van der Waals surface area contributed by atoms with Crippen LogP contribution in [0.5, 0.6) is 11.6 Å². The van der Waals surface area contributed by atoms with E-state index in [1.54, 1.807) is 18.3 Å². The van der Waals surface area contributed by atoms with E-state index in [9.17, 15) is 13.2 Å². The molecule has 0 saturated carbocycles. The highest BCUT2D eigenvalue weighted by Crippen LogP contribution is 2.32. The number of ether oxygens (including phenoxy) is 2. The van der Waals surface area contributed by atoms with Crippen molar-refractivity contribution in [3.8, 4) is 11.6 Å². The van der Waals surface area contributed by atoms with Gasteiger partial charge in [0.25, 0.3) is 5.91 Å². The second kappa shape index (κ2) is 8.79. The number of rotatable bonds is 6. The zero-order valence-electron chi connectivity index (χ0n) is 16.7. The average molecular weight is 420 g/mol. The Bertz CT molecular complexity index is 993. The molecule has 2 aromatic rings. The number of nitrogens with zero attached hydrogens (tertiary/aromatic N) is 2. The van der Waals surface area contributed by atoms with Crippen molar-refractivity contribution in [2.75, 3.05) is 26.1 Å². The van der Waals surface area contributed by atoms with Crippen LogP contribution in [-0.2, 0) is 10.0 Å². The largest absolute Gasteiger partial charge is 0.495 e. The summed E-state index contributed by atoms with van der Waals surface area (Å²) in [5.74, 6) is 0.00438. The zero-order valence-corrected chi connectivity index (χ0v) is 17.5. The molecule has 1 aliphatic rings. The minimum atomic E-state index is -3.80. The smallest absolute Gasteiger partial charge is 0.255 e. The second-order valence-corrected chi connectivity index (χ2v) is 8.70. The van der Waals surface area contributed by atoms with Gasteiger partial charge < -0.3 is 14.8 Å². The summed E-state index contributed by atoms with van der Waals surface area (Å²) < 4.78 is 38.5. The molecule has 1 aromatic heterocycles. The van der Waals surface area contributed by atoms with Crippen LogP contribution in [0.1, 0.15) is 36.5 Å². The highest BCUT2D eigenvalue weighted by atomic mass is 32.2. The summed E-state index contributed by atoms with van der Waals surface area (Å²) in [6.45, 7) is 2.35. The van der Waals surface area contributed by atoms with E-state index < -0.39 is 15.9 Å². The van der Waals surface area contributed by atoms with Gasteiger partial charge in [0.1, 0.15) is 16.3 Å². The Balaban J connectivity index is 1.95. The lowest BCUT2D eigenvalue weighted by molar-refractivity contribution is 0.102. The van der Waals surface area contributed by atoms with Gasteiger partial charge in [0.15, 0.2) is 0 Å². The van der Waals surface area contributed by atoms with Crippen molar-refractivity contribution < 1.29 is 22.7 Å². The zero-order chi connectivity index (χ0) is 21.0. The Labute approximate surface area is 170 Å². The Morgan fingerprint density at radius 1 is 1.21 bits per heavy atom. The van der Waals surface area contributed by atoms with Gasteiger partial charge in [-0.3, -0.25) is 4.79 Å². The molecule has 156 valence electrons. The van der Waals surface area contributed by atoms with Crippen LogP contribution in [0.4, 0.5) is 5.69 Å². The third kappa shape index (κ3) is 4.35. The highest BCUT2D eigenvalue weighted by Gasteiger charge is 2.33. The van der Waals surface area contributed by atoms with Crippen LogP contribution in [-0.4, -0.2) is 50.4 Å². The monoisotopic (exact) mass is 419 g/mol. The highest BCUT2D eigenvalue weighted by molar-refractivity contribution is 7.89. The molecule has 1 amide bonds.